The minimum atomic E-state index is -3.03. The lowest BCUT2D eigenvalue weighted by atomic mass is 9.99. The van der Waals surface area contributed by atoms with E-state index in [1.807, 2.05) is 12.1 Å². The first-order chi connectivity index (χ1) is 8.67. The topological polar surface area (TPSA) is 49.4 Å². The Morgan fingerprint density at radius 3 is 2.89 bits per heavy atom. The summed E-state index contributed by atoms with van der Waals surface area (Å²) >= 11 is 0. The van der Waals surface area contributed by atoms with Crippen LogP contribution in [0.2, 0.25) is 0 Å². The molecule has 1 N–H and O–H groups in total. The standard InChI is InChI=1S/C13H18N2O2S/c16-18(17)8-4-3-7-15(18)12-9-11-5-1-2-6-13(11)14-10-12/h1-2,5-6,12,14H,3-4,7-10H2. The third-order valence-corrected chi connectivity index (χ3v) is 5.80. The molecule has 1 aromatic rings. The Morgan fingerprint density at radius 1 is 1.22 bits per heavy atom. The predicted molar refractivity (Wildman–Crippen MR) is 72.2 cm³/mol. The van der Waals surface area contributed by atoms with Crippen molar-refractivity contribution in [3.63, 3.8) is 0 Å². The Labute approximate surface area is 108 Å². The van der Waals surface area contributed by atoms with Crippen LogP contribution in [0.3, 0.4) is 0 Å². The highest BCUT2D eigenvalue weighted by molar-refractivity contribution is 7.89. The van der Waals surface area contributed by atoms with Gasteiger partial charge in [-0.1, -0.05) is 18.2 Å². The number of hydrogen-bond donors (Lipinski definition) is 1. The molecule has 0 aliphatic carbocycles. The van der Waals surface area contributed by atoms with Crippen LogP contribution in [0.25, 0.3) is 0 Å². The van der Waals surface area contributed by atoms with Gasteiger partial charge in [0.05, 0.1) is 5.75 Å². The van der Waals surface area contributed by atoms with Gasteiger partial charge in [0.15, 0.2) is 0 Å². The molecule has 0 bridgehead atoms. The van der Waals surface area contributed by atoms with E-state index in [0.29, 0.717) is 12.3 Å². The van der Waals surface area contributed by atoms with Crippen LogP contribution in [-0.4, -0.2) is 37.6 Å². The molecule has 18 heavy (non-hydrogen) atoms. The molecular weight excluding hydrogens is 248 g/mol. The fourth-order valence-electron chi connectivity index (χ4n) is 2.85. The van der Waals surface area contributed by atoms with Crippen molar-refractivity contribution in [3.8, 4) is 0 Å². The first-order valence-electron chi connectivity index (χ1n) is 6.48. The van der Waals surface area contributed by atoms with E-state index >= 15 is 0 Å². The zero-order chi connectivity index (χ0) is 12.6. The van der Waals surface area contributed by atoms with Gasteiger partial charge in [-0.3, -0.25) is 0 Å². The number of sulfonamides is 1. The van der Waals surface area contributed by atoms with Crippen molar-refractivity contribution in [1.29, 1.82) is 0 Å². The monoisotopic (exact) mass is 266 g/mol. The summed E-state index contributed by atoms with van der Waals surface area (Å²) in [5.74, 6) is 0.311. The molecule has 1 unspecified atom stereocenters. The lowest BCUT2D eigenvalue weighted by molar-refractivity contribution is 0.304. The van der Waals surface area contributed by atoms with Crippen molar-refractivity contribution >= 4 is 15.7 Å². The van der Waals surface area contributed by atoms with E-state index in [9.17, 15) is 8.42 Å². The average Bonchev–Trinajstić information content (AvgIpc) is 2.38. The lowest BCUT2D eigenvalue weighted by Crippen LogP contribution is -2.50. The zero-order valence-electron chi connectivity index (χ0n) is 10.3. The van der Waals surface area contributed by atoms with Crippen LogP contribution in [0.4, 0.5) is 5.69 Å². The average molecular weight is 266 g/mol. The number of hydrogen-bond acceptors (Lipinski definition) is 3. The molecule has 0 amide bonds. The van der Waals surface area contributed by atoms with E-state index in [4.69, 9.17) is 0 Å². The Balaban J connectivity index is 1.83. The normalized spacial score (nSPS) is 27.2. The third kappa shape index (κ3) is 2.12. The van der Waals surface area contributed by atoms with Gasteiger partial charge >= 0.3 is 0 Å². The second-order valence-corrected chi connectivity index (χ2v) is 7.07. The maximum absolute atomic E-state index is 12.1. The molecule has 3 rings (SSSR count). The van der Waals surface area contributed by atoms with Crippen LogP contribution >= 0.6 is 0 Å². The zero-order valence-corrected chi connectivity index (χ0v) is 11.1. The number of anilines is 1. The van der Waals surface area contributed by atoms with Gasteiger partial charge in [0.1, 0.15) is 0 Å². The fraction of sp³-hybridized carbons (Fsp3) is 0.538. The van der Waals surface area contributed by atoms with Crippen molar-refractivity contribution in [2.45, 2.75) is 25.3 Å². The largest absolute Gasteiger partial charge is 0.383 e. The molecule has 1 saturated heterocycles. The van der Waals surface area contributed by atoms with Gasteiger partial charge in [-0.05, 0) is 30.9 Å². The Morgan fingerprint density at radius 2 is 2.06 bits per heavy atom. The predicted octanol–water partition coefficient (Wildman–Crippen LogP) is 1.45. The maximum Gasteiger partial charge on any atom is 0.214 e. The molecule has 5 heteroatoms. The van der Waals surface area contributed by atoms with Gasteiger partial charge in [0, 0.05) is 24.8 Å². The van der Waals surface area contributed by atoms with Crippen LogP contribution in [0, 0.1) is 0 Å². The van der Waals surface area contributed by atoms with E-state index in [1.165, 1.54) is 5.56 Å². The van der Waals surface area contributed by atoms with E-state index in [0.717, 1.165) is 31.5 Å². The first-order valence-corrected chi connectivity index (χ1v) is 8.09. The number of nitrogens with zero attached hydrogens (tertiary/aromatic N) is 1. The highest BCUT2D eigenvalue weighted by Crippen LogP contribution is 2.26. The van der Waals surface area contributed by atoms with E-state index in [2.05, 4.69) is 17.4 Å². The number of rotatable bonds is 1. The second kappa shape index (κ2) is 4.55. The summed E-state index contributed by atoms with van der Waals surface area (Å²) in [6.45, 7) is 1.40. The van der Waals surface area contributed by atoms with Gasteiger partial charge in [-0.15, -0.1) is 0 Å². The van der Waals surface area contributed by atoms with E-state index in [-0.39, 0.29) is 6.04 Å². The number of fused-ring (bicyclic) bond motifs is 1. The maximum atomic E-state index is 12.1. The molecule has 0 aromatic heterocycles. The number of benzene rings is 1. The summed E-state index contributed by atoms with van der Waals surface area (Å²) in [5, 5.41) is 3.34. The molecule has 4 nitrogen and oxygen atoms in total. The highest BCUT2D eigenvalue weighted by atomic mass is 32.2. The molecular formula is C13H18N2O2S. The smallest absolute Gasteiger partial charge is 0.214 e. The van der Waals surface area contributed by atoms with Crippen LogP contribution < -0.4 is 5.32 Å². The fourth-order valence-corrected chi connectivity index (χ4v) is 4.66. The molecule has 2 aliphatic heterocycles. The van der Waals surface area contributed by atoms with Crippen LogP contribution in [0.5, 0.6) is 0 Å². The van der Waals surface area contributed by atoms with Gasteiger partial charge in [0.25, 0.3) is 0 Å². The summed E-state index contributed by atoms with van der Waals surface area (Å²) < 4.78 is 25.9. The van der Waals surface area contributed by atoms with Gasteiger partial charge in [-0.2, -0.15) is 4.31 Å². The minimum absolute atomic E-state index is 0.0743. The second-order valence-electron chi connectivity index (χ2n) is 5.03. The summed E-state index contributed by atoms with van der Waals surface area (Å²) in [4.78, 5) is 0. The van der Waals surface area contributed by atoms with Crippen LogP contribution in [0.15, 0.2) is 24.3 Å². The quantitative estimate of drug-likeness (QED) is 0.837. The van der Waals surface area contributed by atoms with E-state index in [1.54, 1.807) is 4.31 Å². The summed E-state index contributed by atoms with van der Waals surface area (Å²) in [6.07, 6.45) is 2.61. The van der Waals surface area contributed by atoms with Crippen molar-refractivity contribution in [2.75, 3.05) is 24.2 Å². The van der Waals surface area contributed by atoms with E-state index < -0.39 is 10.0 Å². The molecule has 0 radical (unpaired) electrons. The van der Waals surface area contributed by atoms with Gasteiger partial charge in [-0.25, -0.2) is 8.42 Å². The minimum Gasteiger partial charge on any atom is -0.383 e. The Hall–Kier alpha value is -1.07. The summed E-state index contributed by atoms with van der Waals surface area (Å²) in [7, 11) is -3.03. The number of para-hydroxylation sites is 1. The summed E-state index contributed by atoms with van der Waals surface area (Å²) in [6, 6.07) is 8.21. The Kier molecular flexibility index (Phi) is 3.03. The number of nitrogens with one attached hydrogen (secondary N) is 1. The molecule has 2 heterocycles. The first kappa shape index (κ1) is 12.0. The van der Waals surface area contributed by atoms with Gasteiger partial charge < -0.3 is 5.32 Å². The summed E-state index contributed by atoms with van der Waals surface area (Å²) in [5.41, 5.74) is 2.36. The molecule has 2 aliphatic rings. The lowest BCUT2D eigenvalue weighted by Gasteiger charge is -2.37. The Bertz CT molecular complexity index is 542. The van der Waals surface area contributed by atoms with Crippen molar-refractivity contribution in [3.05, 3.63) is 29.8 Å². The highest BCUT2D eigenvalue weighted by Gasteiger charge is 2.34. The van der Waals surface area contributed by atoms with Crippen LogP contribution in [0.1, 0.15) is 18.4 Å². The SMILES string of the molecule is O=S1(=O)CCCCN1C1CNc2ccccc2C1. The molecule has 1 fully saturated rings. The molecule has 98 valence electrons. The van der Waals surface area contributed by atoms with Crippen molar-refractivity contribution in [1.82, 2.24) is 4.31 Å². The van der Waals surface area contributed by atoms with Gasteiger partial charge in [0.2, 0.25) is 10.0 Å². The van der Waals surface area contributed by atoms with Crippen molar-refractivity contribution < 1.29 is 8.42 Å². The van der Waals surface area contributed by atoms with Crippen LogP contribution in [-0.2, 0) is 16.4 Å². The van der Waals surface area contributed by atoms with Crippen molar-refractivity contribution in [2.24, 2.45) is 0 Å². The third-order valence-electron chi connectivity index (χ3n) is 3.80. The molecule has 1 aromatic carbocycles. The molecule has 0 saturated carbocycles. The molecule has 1 atom stereocenters. The molecule has 0 spiro atoms.